The summed E-state index contributed by atoms with van der Waals surface area (Å²) in [5.74, 6) is 0.387. The van der Waals surface area contributed by atoms with Crippen molar-refractivity contribution >= 4 is 5.91 Å². The quantitative estimate of drug-likeness (QED) is 0.918. The molecule has 1 amide bonds. The molecule has 1 radical (unpaired) electrons. The molecule has 1 aromatic carbocycles. The van der Waals surface area contributed by atoms with Crippen molar-refractivity contribution in [1.29, 1.82) is 0 Å². The molecule has 1 aromatic rings. The number of carbonyl (C=O) groups is 1. The summed E-state index contributed by atoms with van der Waals surface area (Å²) in [6.07, 6.45) is 1.91. The van der Waals surface area contributed by atoms with Crippen LogP contribution in [-0.2, 0) is 11.3 Å². The maximum absolute atomic E-state index is 12.1. The monoisotopic (exact) mass is 273 g/mol. The molecule has 0 bridgehead atoms. The van der Waals surface area contributed by atoms with Gasteiger partial charge in [0.2, 0.25) is 5.91 Å². The minimum atomic E-state index is -0.131. The second-order valence-corrected chi connectivity index (χ2v) is 6.70. The highest BCUT2D eigenvalue weighted by Crippen LogP contribution is 2.20. The van der Waals surface area contributed by atoms with Gasteiger partial charge in [-0.15, -0.1) is 0 Å². The van der Waals surface area contributed by atoms with Gasteiger partial charge in [0, 0.05) is 18.0 Å². The Hall–Kier alpha value is -1.35. The predicted molar refractivity (Wildman–Crippen MR) is 81.2 cm³/mol. The molecule has 3 heteroatoms. The van der Waals surface area contributed by atoms with E-state index in [4.69, 9.17) is 0 Å². The van der Waals surface area contributed by atoms with Crippen LogP contribution in [0.4, 0.5) is 0 Å². The number of hydrogen-bond acceptors (Lipinski definition) is 2. The van der Waals surface area contributed by atoms with Crippen LogP contribution in [0.25, 0.3) is 0 Å². The van der Waals surface area contributed by atoms with E-state index in [1.165, 1.54) is 5.56 Å². The molecule has 0 saturated carbocycles. The Kier molecular flexibility index (Phi) is 4.81. The SMILES string of the molecule is CC(C)(C)NC(=O)C1CCN(Cc2c[c]ccc2)CC1. The Bertz CT molecular complexity index is 428. The lowest BCUT2D eigenvalue weighted by Gasteiger charge is -2.33. The van der Waals surface area contributed by atoms with Crippen LogP contribution in [0.3, 0.4) is 0 Å². The summed E-state index contributed by atoms with van der Waals surface area (Å²) in [5, 5.41) is 3.09. The third-order valence-electron chi connectivity index (χ3n) is 3.63. The van der Waals surface area contributed by atoms with Gasteiger partial charge in [0.15, 0.2) is 0 Å². The van der Waals surface area contributed by atoms with Crippen molar-refractivity contribution in [3.05, 3.63) is 35.9 Å². The molecule has 109 valence electrons. The van der Waals surface area contributed by atoms with Crippen LogP contribution in [0.2, 0.25) is 0 Å². The Morgan fingerprint density at radius 1 is 1.40 bits per heavy atom. The van der Waals surface area contributed by atoms with E-state index in [0.29, 0.717) is 0 Å². The van der Waals surface area contributed by atoms with Crippen LogP contribution in [-0.4, -0.2) is 29.4 Å². The zero-order valence-electron chi connectivity index (χ0n) is 12.8. The first-order valence-electron chi connectivity index (χ1n) is 7.43. The number of nitrogens with one attached hydrogen (secondary N) is 1. The highest BCUT2D eigenvalue weighted by molar-refractivity contribution is 5.79. The number of amides is 1. The molecule has 1 aliphatic rings. The summed E-state index contributed by atoms with van der Waals surface area (Å²) < 4.78 is 0. The normalized spacial score (nSPS) is 17.9. The largest absolute Gasteiger partial charge is 0.351 e. The molecule has 0 aromatic heterocycles. The van der Waals surface area contributed by atoms with Gasteiger partial charge in [-0.05, 0) is 64.4 Å². The number of piperidine rings is 1. The molecule has 0 spiro atoms. The first-order chi connectivity index (χ1) is 9.44. The van der Waals surface area contributed by atoms with Gasteiger partial charge in [0.1, 0.15) is 0 Å². The predicted octanol–water partition coefficient (Wildman–Crippen LogP) is 2.61. The molecule has 2 rings (SSSR count). The van der Waals surface area contributed by atoms with Gasteiger partial charge in [-0.2, -0.15) is 0 Å². The molecule has 1 N–H and O–H groups in total. The Labute approximate surface area is 122 Å². The van der Waals surface area contributed by atoms with Crippen molar-refractivity contribution in [1.82, 2.24) is 10.2 Å². The second-order valence-electron chi connectivity index (χ2n) is 6.70. The van der Waals surface area contributed by atoms with E-state index in [0.717, 1.165) is 32.5 Å². The van der Waals surface area contributed by atoms with E-state index in [2.05, 4.69) is 22.3 Å². The van der Waals surface area contributed by atoms with Crippen LogP contribution in [0.5, 0.6) is 0 Å². The molecule has 0 unspecified atom stereocenters. The van der Waals surface area contributed by atoms with Gasteiger partial charge < -0.3 is 5.32 Å². The minimum absolute atomic E-state index is 0.131. The Morgan fingerprint density at radius 3 is 2.65 bits per heavy atom. The summed E-state index contributed by atoms with van der Waals surface area (Å²) >= 11 is 0. The summed E-state index contributed by atoms with van der Waals surface area (Å²) in [6, 6.07) is 11.2. The molecule has 1 fully saturated rings. The van der Waals surface area contributed by atoms with Gasteiger partial charge in [-0.3, -0.25) is 9.69 Å². The number of carbonyl (C=O) groups excluding carboxylic acids is 1. The summed E-state index contributed by atoms with van der Waals surface area (Å²) in [7, 11) is 0. The van der Waals surface area contributed by atoms with E-state index in [-0.39, 0.29) is 17.4 Å². The van der Waals surface area contributed by atoms with Gasteiger partial charge in [0.05, 0.1) is 0 Å². The van der Waals surface area contributed by atoms with Crippen molar-refractivity contribution in [3.63, 3.8) is 0 Å². The van der Waals surface area contributed by atoms with E-state index in [9.17, 15) is 4.79 Å². The van der Waals surface area contributed by atoms with Crippen LogP contribution < -0.4 is 5.32 Å². The fraction of sp³-hybridized carbons (Fsp3) is 0.588. The maximum atomic E-state index is 12.1. The Balaban J connectivity index is 1.79. The van der Waals surface area contributed by atoms with Crippen LogP contribution in [0, 0.1) is 12.0 Å². The molecular weight excluding hydrogens is 248 g/mol. The topological polar surface area (TPSA) is 32.3 Å². The number of nitrogens with zero attached hydrogens (tertiary/aromatic N) is 1. The average molecular weight is 273 g/mol. The number of likely N-dealkylation sites (tertiary alicyclic amines) is 1. The van der Waals surface area contributed by atoms with Crippen LogP contribution in [0.1, 0.15) is 39.2 Å². The minimum Gasteiger partial charge on any atom is -0.351 e. The van der Waals surface area contributed by atoms with Gasteiger partial charge in [-0.1, -0.05) is 18.2 Å². The third-order valence-corrected chi connectivity index (χ3v) is 3.63. The van der Waals surface area contributed by atoms with Gasteiger partial charge in [-0.25, -0.2) is 0 Å². The van der Waals surface area contributed by atoms with Crippen molar-refractivity contribution < 1.29 is 4.79 Å². The van der Waals surface area contributed by atoms with Crippen LogP contribution >= 0.6 is 0 Å². The lowest BCUT2D eigenvalue weighted by atomic mass is 9.94. The molecule has 1 saturated heterocycles. The highest BCUT2D eigenvalue weighted by Gasteiger charge is 2.27. The van der Waals surface area contributed by atoms with Gasteiger partial charge in [0.25, 0.3) is 0 Å². The van der Waals surface area contributed by atoms with E-state index in [1.807, 2.05) is 39.0 Å². The lowest BCUT2D eigenvalue weighted by molar-refractivity contribution is -0.127. The smallest absolute Gasteiger partial charge is 0.223 e. The third kappa shape index (κ3) is 4.64. The van der Waals surface area contributed by atoms with Gasteiger partial charge >= 0.3 is 0 Å². The summed E-state index contributed by atoms with van der Waals surface area (Å²) in [4.78, 5) is 14.6. The summed E-state index contributed by atoms with van der Waals surface area (Å²) in [5.41, 5.74) is 1.17. The van der Waals surface area contributed by atoms with Crippen molar-refractivity contribution in [3.8, 4) is 0 Å². The van der Waals surface area contributed by atoms with Crippen LogP contribution in [0.15, 0.2) is 24.3 Å². The van der Waals surface area contributed by atoms with Crippen molar-refractivity contribution in [2.45, 2.75) is 45.7 Å². The molecule has 1 aliphatic heterocycles. The first-order valence-corrected chi connectivity index (χ1v) is 7.43. The van der Waals surface area contributed by atoms with E-state index in [1.54, 1.807) is 0 Å². The molecule has 0 aliphatic carbocycles. The number of rotatable bonds is 3. The average Bonchev–Trinajstić information content (AvgIpc) is 2.39. The number of benzene rings is 1. The summed E-state index contributed by atoms with van der Waals surface area (Å²) in [6.45, 7) is 9.06. The maximum Gasteiger partial charge on any atom is 0.223 e. The molecular formula is C17H25N2O. The fourth-order valence-corrected chi connectivity index (χ4v) is 2.61. The van der Waals surface area contributed by atoms with Crippen molar-refractivity contribution in [2.75, 3.05) is 13.1 Å². The molecule has 1 heterocycles. The van der Waals surface area contributed by atoms with Crippen molar-refractivity contribution in [2.24, 2.45) is 5.92 Å². The fourth-order valence-electron chi connectivity index (χ4n) is 2.61. The Morgan fingerprint density at radius 2 is 2.10 bits per heavy atom. The number of hydrogen-bond donors (Lipinski definition) is 1. The zero-order valence-corrected chi connectivity index (χ0v) is 12.8. The second kappa shape index (κ2) is 6.40. The molecule has 20 heavy (non-hydrogen) atoms. The standard InChI is InChI=1S/C17H25N2O/c1-17(2,3)18-16(20)15-9-11-19(12-10-15)13-14-7-5-4-6-8-14/h4-5,7-8,15H,9-13H2,1-3H3,(H,18,20). The molecule has 0 atom stereocenters. The zero-order chi connectivity index (χ0) is 14.6. The molecule has 3 nitrogen and oxygen atoms in total. The van der Waals surface area contributed by atoms with E-state index < -0.39 is 0 Å². The van der Waals surface area contributed by atoms with E-state index >= 15 is 0 Å². The highest BCUT2D eigenvalue weighted by atomic mass is 16.2. The first kappa shape index (κ1) is 15.0. The lowest BCUT2D eigenvalue weighted by Crippen LogP contribution is -2.46.